The molecule has 1 aromatic heterocycles. The minimum Gasteiger partial charge on any atom is -0.208 e. The van der Waals surface area contributed by atoms with E-state index in [0.717, 1.165) is 44.3 Å². The minimum atomic E-state index is 0.630. The number of fused-ring (bicyclic) bond motifs is 2. The first kappa shape index (κ1) is 32.5. The molecule has 12 aromatic rings. The van der Waals surface area contributed by atoms with Gasteiger partial charge in [0.25, 0.3) is 0 Å². The van der Waals surface area contributed by atoms with E-state index in [2.05, 4.69) is 182 Å². The van der Waals surface area contributed by atoms with Gasteiger partial charge in [-0.15, -0.1) is 0 Å². The Morgan fingerprint density at radius 2 is 0.655 bits per heavy atom. The molecule has 0 fully saturated rings. The summed E-state index contributed by atoms with van der Waals surface area (Å²) >= 11 is 0. The highest BCUT2D eigenvalue weighted by molar-refractivity contribution is 6.37. The second-order valence-electron chi connectivity index (χ2n) is 15.1. The number of hydrogen-bond donors (Lipinski definition) is 0. The molecule has 1 heterocycles. The second kappa shape index (κ2) is 12.9. The largest absolute Gasteiger partial charge is 0.208 e. The van der Waals surface area contributed by atoms with Gasteiger partial charge >= 0.3 is 0 Å². The molecular weight excluding hydrogens is 703 g/mol. The number of aromatic nitrogens is 3. The van der Waals surface area contributed by atoms with E-state index in [1.54, 1.807) is 0 Å². The summed E-state index contributed by atoms with van der Waals surface area (Å²) in [5.74, 6) is 1.90. The predicted molar refractivity (Wildman–Crippen MR) is 243 cm³/mol. The molecule has 0 atom stereocenters. The van der Waals surface area contributed by atoms with Crippen molar-refractivity contribution in [3.63, 3.8) is 0 Å². The monoisotopic (exact) mass is 735 g/mol. The van der Waals surface area contributed by atoms with Crippen LogP contribution in [-0.4, -0.2) is 15.0 Å². The van der Waals surface area contributed by atoms with Crippen LogP contribution < -0.4 is 0 Å². The minimum absolute atomic E-state index is 0.630. The summed E-state index contributed by atoms with van der Waals surface area (Å²) in [5.41, 5.74) is 7.40. The predicted octanol–water partition coefficient (Wildman–Crippen LogP) is 14.6. The average molecular weight is 736 g/mol. The maximum absolute atomic E-state index is 5.34. The van der Waals surface area contributed by atoms with Crippen LogP contribution in [0.3, 0.4) is 0 Å². The lowest BCUT2D eigenvalue weighted by Gasteiger charge is -2.17. The zero-order valence-corrected chi connectivity index (χ0v) is 31.4. The lowest BCUT2D eigenvalue weighted by Crippen LogP contribution is -2.01. The van der Waals surface area contributed by atoms with Gasteiger partial charge in [-0.2, -0.15) is 0 Å². The van der Waals surface area contributed by atoms with Crippen LogP contribution in [0.15, 0.2) is 200 Å². The zero-order valence-electron chi connectivity index (χ0n) is 31.4. The van der Waals surface area contributed by atoms with E-state index < -0.39 is 0 Å². The topological polar surface area (TPSA) is 38.7 Å². The fourth-order valence-corrected chi connectivity index (χ4v) is 9.17. The first-order valence-electron chi connectivity index (χ1n) is 19.8. The second-order valence-corrected chi connectivity index (χ2v) is 15.1. The van der Waals surface area contributed by atoms with Gasteiger partial charge in [-0.1, -0.05) is 182 Å². The molecular formula is C55H33N3. The van der Waals surface area contributed by atoms with Crippen molar-refractivity contribution < 1.29 is 0 Å². The van der Waals surface area contributed by atoms with Crippen LogP contribution in [-0.2, 0) is 0 Å². The maximum Gasteiger partial charge on any atom is 0.164 e. The highest BCUT2D eigenvalue weighted by Crippen LogP contribution is 2.44. The first-order chi connectivity index (χ1) is 28.7. The van der Waals surface area contributed by atoms with Gasteiger partial charge in [0, 0.05) is 16.7 Å². The van der Waals surface area contributed by atoms with Gasteiger partial charge in [-0.3, -0.25) is 0 Å². The summed E-state index contributed by atoms with van der Waals surface area (Å²) in [6.07, 6.45) is 0. The van der Waals surface area contributed by atoms with Crippen LogP contribution in [0.25, 0.3) is 121 Å². The smallest absolute Gasteiger partial charge is 0.164 e. The zero-order chi connectivity index (χ0) is 38.2. The highest BCUT2D eigenvalue weighted by Gasteiger charge is 2.19. The summed E-state index contributed by atoms with van der Waals surface area (Å²) < 4.78 is 0. The van der Waals surface area contributed by atoms with Crippen LogP contribution in [0.1, 0.15) is 0 Å². The lowest BCUT2D eigenvalue weighted by molar-refractivity contribution is 1.07. The molecule has 268 valence electrons. The Morgan fingerprint density at radius 3 is 1.21 bits per heavy atom. The van der Waals surface area contributed by atoms with Crippen molar-refractivity contribution in [1.82, 2.24) is 15.0 Å². The summed E-state index contributed by atoms with van der Waals surface area (Å²) in [6, 6.07) is 71.8. The van der Waals surface area contributed by atoms with Gasteiger partial charge in [0.15, 0.2) is 17.5 Å². The lowest BCUT2D eigenvalue weighted by atomic mass is 9.87. The summed E-state index contributed by atoms with van der Waals surface area (Å²) in [5, 5.41) is 14.8. The molecule has 0 N–H and O–H groups in total. The van der Waals surface area contributed by atoms with E-state index in [0.29, 0.717) is 17.5 Å². The third-order valence-corrected chi connectivity index (χ3v) is 11.8. The Bertz CT molecular complexity index is 3540. The fourth-order valence-electron chi connectivity index (χ4n) is 9.17. The molecule has 12 rings (SSSR count). The molecule has 0 saturated carbocycles. The molecule has 0 saturated heterocycles. The van der Waals surface area contributed by atoms with E-state index in [-0.39, 0.29) is 0 Å². The Hall–Kier alpha value is -7.75. The van der Waals surface area contributed by atoms with Gasteiger partial charge in [0.2, 0.25) is 0 Å². The van der Waals surface area contributed by atoms with Crippen LogP contribution in [0.4, 0.5) is 0 Å². The first-order valence-corrected chi connectivity index (χ1v) is 19.8. The Morgan fingerprint density at radius 1 is 0.224 bits per heavy atom. The van der Waals surface area contributed by atoms with E-state index >= 15 is 0 Å². The number of rotatable bonds is 5. The number of nitrogens with zero attached hydrogens (tertiary/aromatic N) is 3. The molecule has 3 heteroatoms. The summed E-state index contributed by atoms with van der Waals surface area (Å²) in [6.45, 7) is 0. The van der Waals surface area contributed by atoms with Gasteiger partial charge in [-0.05, 0) is 105 Å². The van der Waals surface area contributed by atoms with E-state index in [1.807, 2.05) is 18.2 Å². The molecule has 0 unspecified atom stereocenters. The van der Waals surface area contributed by atoms with Crippen molar-refractivity contribution in [1.29, 1.82) is 0 Å². The molecule has 0 radical (unpaired) electrons. The van der Waals surface area contributed by atoms with Gasteiger partial charge in [0.1, 0.15) is 0 Å². The molecule has 0 amide bonds. The van der Waals surface area contributed by atoms with E-state index in [4.69, 9.17) is 15.0 Å². The van der Waals surface area contributed by atoms with Gasteiger partial charge < -0.3 is 0 Å². The van der Waals surface area contributed by atoms with Crippen LogP contribution >= 0.6 is 0 Å². The van der Waals surface area contributed by atoms with Crippen LogP contribution in [0.2, 0.25) is 0 Å². The summed E-state index contributed by atoms with van der Waals surface area (Å²) in [7, 11) is 0. The SMILES string of the molecule is c1ccc(-c2nc(-c3ccc(-c4ccccc4)c(-c4ccccc4)c3)nc(-c3cc4ccc5cccc6c7cccc8ccc9cccc(c(c3)c4c56)c9c87)n2)cc1. The Balaban J connectivity index is 1.17. The molecule has 11 aromatic carbocycles. The Kier molecular flexibility index (Phi) is 7.23. The van der Waals surface area contributed by atoms with Crippen LogP contribution in [0, 0.1) is 0 Å². The van der Waals surface area contributed by atoms with Gasteiger partial charge in [-0.25, -0.2) is 15.0 Å². The van der Waals surface area contributed by atoms with Crippen molar-refractivity contribution in [2.75, 3.05) is 0 Å². The molecule has 58 heavy (non-hydrogen) atoms. The molecule has 0 spiro atoms. The van der Waals surface area contributed by atoms with Crippen molar-refractivity contribution in [2.24, 2.45) is 0 Å². The third kappa shape index (κ3) is 5.11. The fraction of sp³-hybridized carbons (Fsp3) is 0. The Labute approximate surface area is 334 Å². The highest BCUT2D eigenvalue weighted by atomic mass is 15.0. The normalized spacial score (nSPS) is 11.8. The summed E-state index contributed by atoms with van der Waals surface area (Å²) in [4.78, 5) is 15.8. The third-order valence-electron chi connectivity index (χ3n) is 11.8. The quantitative estimate of drug-likeness (QED) is 0.165. The maximum atomic E-state index is 5.34. The van der Waals surface area contributed by atoms with E-state index in [1.165, 1.54) is 59.2 Å². The van der Waals surface area contributed by atoms with Crippen molar-refractivity contribution >= 4 is 64.6 Å². The standard InChI is InChI=1S/C55H33N3/c1-4-13-34(14-5-1)43-30-29-41(32-47(43)35-15-6-2-7-16-35)54-56-53(39-17-8-3-9-18-39)57-55(58-54)42-31-40-28-27-38-20-11-23-45-44-22-10-19-36-25-26-37-21-12-24-46(51(37)49(36)44)48(33-42)52(40)50(38)45/h1-33H. The van der Waals surface area contributed by atoms with Crippen molar-refractivity contribution in [3.05, 3.63) is 200 Å². The molecule has 0 bridgehead atoms. The van der Waals surface area contributed by atoms with Crippen molar-refractivity contribution in [2.45, 2.75) is 0 Å². The number of hydrogen-bond acceptors (Lipinski definition) is 3. The van der Waals surface area contributed by atoms with E-state index in [9.17, 15) is 0 Å². The van der Waals surface area contributed by atoms with Crippen molar-refractivity contribution in [3.8, 4) is 56.4 Å². The van der Waals surface area contributed by atoms with Gasteiger partial charge in [0.05, 0.1) is 0 Å². The molecule has 0 aliphatic rings. The molecule has 0 aliphatic heterocycles. The average Bonchev–Trinajstić information content (AvgIpc) is 3.30. The van der Waals surface area contributed by atoms with Crippen LogP contribution in [0.5, 0.6) is 0 Å². The molecule has 0 aliphatic carbocycles. The number of benzene rings is 10. The molecule has 3 nitrogen and oxygen atoms in total.